The highest BCUT2D eigenvalue weighted by Gasteiger charge is 2.15. The van der Waals surface area contributed by atoms with Crippen molar-refractivity contribution >= 4 is 16.9 Å². The number of fused-ring (bicyclic) bond motifs is 1. The summed E-state index contributed by atoms with van der Waals surface area (Å²) in [6, 6.07) is 5.42. The summed E-state index contributed by atoms with van der Waals surface area (Å²) in [5, 5.41) is 0.869. The number of aryl methyl sites for hydroxylation is 1. The monoisotopic (exact) mass is 331 g/mol. The van der Waals surface area contributed by atoms with Crippen molar-refractivity contribution in [2.45, 2.75) is 33.6 Å². The summed E-state index contributed by atoms with van der Waals surface area (Å²) in [5.41, 5.74) is 1.55. The topological polar surface area (TPSA) is 59.8 Å². The van der Waals surface area contributed by atoms with Crippen molar-refractivity contribution in [2.24, 2.45) is 5.92 Å². The molecule has 0 spiro atoms. The molecule has 24 heavy (non-hydrogen) atoms. The van der Waals surface area contributed by atoms with Crippen LogP contribution in [-0.2, 0) is 11.2 Å². The average Bonchev–Trinajstić information content (AvgIpc) is 2.53. The third-order valence-electron chi connectivity index (χ3n) is 4.15. The molecule has 5 nitrogen and oxygen atoms in total. The third-order valence-corrected chi connectivity index (χ3v) is 4.15. The first-order chi connectivity index (χ1) is 11.3. The van der Waals surface area contributed by atoms with Gasteiger partial charge in [0.15, 0.2) is 0 Å². The van der Waals surface area contributed by atoms with Crippen molar-refractivity contribution in [2.75, 3.05) is 20.7 Å². The summed E-state index contributed by atoms with van der Waals surface area (Å²) < 4.78 is 10.6. The fourth-order valence-corrected chi connectivity index (χ4v) is 2.86. The quantitative estimate of drug-likeness (QED) is 0.763. The zero-order valence-corrected chi connectivity index (χ0v) is 15.0. The van der Waals surface area contributed by atoms with Gasteiger partial charge >= 0.3 is 5.63 Å². The second-order valence-corrected chi connectivity index (χ2v) is 6.52. The molecule has 1 heterocycles. The Kier molecular flexibility index (Phi) is 5.65. The number of ether oxygens (including phenoxy) is 1. The second-order valence-electron chi connectivity index (χ2n) is 6.52. The molecule has 0 bridgehead atoms. The molecule has 0 radical (unpaired) electrons. The van der Waals surface area contributed by atoms with Crippen molar-refractivity contribution in [3.63, 3.8) is 0 Å². The molecular weight excluding hydrogens is 306 g/mol. The van der Waals surface area contributed by atoms with Gasteiger partial charge in [-0.1, -0.05) is 13.8 Å². The first-order valence-corrected chi connectivity index (χ1v) is 8.17. The Morgan fingerprint density at radius 2 is 2.04 bits per heavy atom. The van der Waals surface area contributed by atoms with Crippen LogP contribution in [0, 0.1) is 12.8 Å². The summed E-state index contributed by atoms with van der Waals surface area (Å²) in [7, 11) is 3.37. The number of hydrogen-bond acceptors (Lipinski definition) is 4. The first kappa shape index (κ1) is 18.0. The second kappa shape index (κ2) is 7.51. The summed E-state index contributed by atoms with van der Waals surface area (Å²) in [6.07, 6.45) is 0.688. The van der Waals surface area contributed by atoms with Gasteiger partial charge in [-0.05, 0) is 37.0 Å². The molecule has 2 aromatic rings. The van der Waals surface area contributed by atoms with Crippen LogP contribution in [0.1, 0.15) is 31.4 Å². The van der Waals surface area contributed by atoms with Crippen molar-refractivity contribution in [1.82, 2.24) is 4.90 Å². The van der Waals surface area contributed by atoms with E-state index in [2.05, 4.69) is 13.8 Å². The zero-order valence-electron chi connectivity index (χ0n) is 15.0. The van der Waals surface area contributed by atoms with Gasteiger partial charge in [0.05, 0.1) is 7.11 Å². The summed E-state index contributed by atoms with van der Waals surface area (Å²) in [5.74, 6) is 1.10. The number of carbonyl (C=O) groups is 1. The molecule has 1 amide bonds. The lowest BCUT2D eigenvalue weighted by Crippen LogP contribution is -2.30. The highest BCUT2D eigenvalue weighted by molar-refractivity contribution is 5.82. The van der Waals surface area contributed by atoms with Crippen LogP contribution in [0.4, 0.5) is 0 Å². The SMILES string of the molecule is COc1ccc2c(C)c(CCC(=O)N(C)CC(C)C)c(=O)oc2c1. The number of carbonyl (C=O) groups excluding carboxylic acids is 1. The van der Waals surface area contributed by atoms with Crippen LogP contribution in [0.15, 0.2) is 27.4 Å². The van der Waals surface area contributed by atoms with Crippen LogP contribution in [-0.4, -0.2) is 31.5 Å². The molecule has 0 saturated heterocycles. The lowest BCUT2D eigenvalue weighted by molar-refractivity contribution is -0.130. The first-order valence-electron chi connectivity index (χ1n) is 8.17. The summed E-state index contributed by atoms with van der Waals surface area (Å²) >= 11 is 0. The van der Waals surface area contributed by atoms with Crippen molar-refractivity contribution in [1.29, 1.82) is 0 Å². The Morgan fingerprint density at radius 3 is 2.67 bits per heavy atom. The maximum atomic E-state index is 12.3. The van der Waals surface area contributed by atoms with E-state index in [1.807, 2.05) is 19.1 Å². The van der Waals surface area contributed by atoms with E-state index in [0.717, 1.165) is 10.9 Å². The molecule has 0 unspecified atom stereocenters. The number of amides is 1. The standard InChI is InChI=1S/C19H25NO4/c1-12(2)11-20(4)18(21)9-8-16-13(3)15-7-6-14(23-5)10-17(15)24-19(16)22/h6-7,10,12H,8-9,11H2,1-5H3. The molecule has 0 atom stereocenters. The highest BCUT2D eigenvalue weighted by Crippen LogP contribution is 2.24. The molecular formula is C19H25NO4. The van der Waals surface area contributed by atoms with E-state index in [4.69, 9.17) is 9.15 Å². The number of benzene rings is 1. The number of rotatable bonds is 6. The van der Waals surface area contributed by atoms with Gasteiger partial charge in [-0.3, -0.25) is 4.79 Å². The number of nitrogens with zero attached hydrogens (tertiary/aromatic N) is 1. The van der Waals surface area contributed by atoms with Gasteiger partial charge < -0.3 is 14.1 Å². The van der Waals surface area contributed by atoms with Crippen LogP contribution in [0.3, 0.4) is 0 Å². The van der Waals surface area contributed by atoms with Gasteiger partial charge in [-0.15, -0.1) is 0 Å². The maximum absolute atomic E-state index is 12.3. The smallest absolute Gasteiger partial charge is 0.339 e. The molecule has 0 N–H and O–H groups in total. The van der Waals surface area contributed by atoms with Gasteiger partial charge in [0.1, 0.15) is 11.3 Å². The molecule has 0 aliphatic heterocycles. The zero-order chi connectivity index (χ0) is 17.9. The van der Waals surface area contributed by atoms with Gasteiger partial charge in [0.25, 0.3) is 0 Å². The molecule has 2 rings (SSSR count). The van der Waals surface area contributed by atoms with Gasteiger partial charge in [-0.25, -0.2) is 4.79 Å². The minimum Gasteiger partial charge on any atom is -0.497 e. The molecule has 0 saturated carbocycles. The maximum Gasteiger partial charge on any atom is 0.339 e. The lowest BCUT2D eigenvalue weighted by atomic mass is 10.0. The third kappa shape index (κ3) is 3.96. The highest BCUT2D eigenvalue weighted by atomic mass is 16.5. The minimum absolute atomic E-state index is 0.0392. The van der Waals surface area contributed by atoms with E-state index in [0.29, 0.717) is 42.2 Å². The molecule has 0 aliphatic rings. The molecule has 5 heteroatoms. The van der Waals surface area contributed by atoms with E-state index < -0.39 is 0 Å². The minimum atomic E-state index is -0.382. The van der Waals surface area contributed by atoms with Gasteiger partial charge in [0.2, 0.25) is 5.91 Å². The van der Waals surface area contributed by atoms with E-state index in [1.54, 1.807) is 25.1 Å². The van der Waals surface area contributed by atoms with Crippen LogP contribution in [0.2, 0.25) is 0 Å². The predicted molar refractivity (Wildman–Crippen MR) is 94.6 cm³/mol. The van der Waals surface area contributed by atoms with Gasteiger partial charge in [-0.2, -0.15) is 0 Å². The Labute approximate surface area is 142 Å². The van der Waals surface area contributed by atoms with E-state index in [-0.39, 0.29) is 11.5 Å². The largest absolute Gasteiger partial charge is 0.497 e. The fraction of sp³-hybridized carbons (Fsp3) is 0.474. The lowest BCUT2D eigenvalue weighted by Gasteiger charge is -2.19. The average molecular weight is 331 g/mol. The Hall–Kier alpha value is -2.30. The van der Waals surface area contributed by atoms with Crippen molar-refractivity contribution in [3.05, 3.63) is 39.7 Å². The van der Waals surface area contributed by atoms with Crippen LogP contribution < -0.4 is 10.4 Å². The molecule has 1 aromatic carbocycles. The number of methoxy groups -OCH3 is 1. The van der Waals surface area contributed by atoms with Crippen molar-refractivity contribution < 1.29 is 13.9 Å². The molecule has 1 aromatic heterocycles. The normalized spacial score (nSPS) is 11.1. The van der Waals surface area contributed by atoms with Gasteiger partial charge in [0, 0.05) is 37.0 Å². The van der Waals surface area contributed by atoms with E-state index in [1.165, 1.54) is 0 Å². The summed E-state index contributed by atoms with van der Waals surface area (Å²) in [4.78, 5) is 26.2. The Morgan fingerprint density at radius 1 is 1.33 bits per heavy atom. The van der Waals surface area contributed by atoms with E-state index in [9.17, 15) is 9.59 Å². The Bertz CT molecular complexity index is 792. The summed E-state index contributed by atoms with van der Waals surface area (Å²) in [6.45, 7) is 6.74. The van der Waals surface area contributed by atoms with Crippen LogP contribution >= 0.6 is 0 Å². The number of hydrogen-bond donors (Lipinski definition) is 0. The van der Waals surface area contributed by atoms with Crippen molar-refractivity contribution in [3.8, 4) is 5.75 Å². The fourth-order valence-electron chi connectivity index (χ4n) is 2.86. The Balaban J connectivity index is 2.23. The van der Waals surface area contributed by atoms with Crippen LogP contribution in [0.5, 0.6) is 5.75 Å². The molecule has 130 valence electrons. The molecule has 0 fully saturated rings. The van der Waals surface area contributed by atoms with E-state index >= 15 is 0 Å². The predicted octanol–water partition coefficient (Wildman–Crippen LogP) is 3.16. The van der Waals surface area contributed by atoms with Crippen LogP contribution in [0.25, 0.3) is 11.0 Å². The molecule has 0 aliphatic carbocycles.